The second-order valence-corrected chi connectivity index (χ2v) is 5.39. The molecule has 0 heterocycles. The van der Waals surface area contributed by atoms with Gasteiger partial charge in [0.05, 0.1) is 12.1 Å². The average Bonchev–Trinajstić information content (AvgIpc) is 2.37. The Kier molecular flexibility index (Phi) is 8.32. The van der Waals surface area contributed by atoms with Gasteiger partial charge in [-0.3, -0.25) is 4.79 Å². The fourth-order valence-corrected chi connectivity index (χ4v) is 1.89. The van der Waals surface area contributed by atoms with Crippen LogP contribution in [0.5, 0.6) is 11.5 Å². The van der Waals surface area contributed by atoms with E-state index in [4.69, 9.17) is 10.5 Å². The quantitative estimate of drug-likeness (QED) is 0.554. The van der Waals surface area contributed by atoms with Crippen molar-refractivity contribution >= 4 is 18.4 Å². The van der Waals surface area contributed by atoms with Gasteiger partial charge in [0.1, 0.15) is 0 Å². The molecule has 0 aliphatic carbocycles. The smallest absolute Gasteiger partial charge is 0.308 e. The lowest BCUT2D eigenvalue weighted by atomic mass is 9.96. The van der Waals surface area contributed by atoms with Crippen LogP contribution in [0.2, 0.25) is 0 Å². The Bertz CT molecular complexity index is 465. The molecule has 120 valence electrons. The number of benzene rings is 1. The van der Waals surface area contributed by atoms with Crippen LogP contribution in [0.3, 0.4) is 0 Å². The van der Waals surface area contributed by atoms with Crippen molar-refractivity contribution in [2.75, 3.05) is 0 Å². The number of carbonyl (C=O) groups is 1. The number of phenolic OH excluding ortho intramolecular Hbond substituents is 1. The average molecular weight is 318 g/mol. The number of nitrogens with two attached hydrogens (primary N) is 1. The number of halogens is 1. The Morgan fingerprint density at radius 2 is 1.95 bits per heavy atom. The molecule has 0 aliphatic rings. The van der Waals surface area contributed by atoms with Crippen molar-refractivity contribution in [2.45, 2.75) is 45.8 Å². The summed E-state index contributed by atoms with van der Waals surface area (Å²) in [6.07, 6.45) is 0.814. The summed E-state index contributed by atoms with van der Waals surface area (Å²) in [4.78, 5) is 10.8. The number of hydrogen-bond acceptors (Lipinski definition) is 5. The minimum absolute atomic E-state index is 0. The summed E-state index contributed by atoms with van der Waals surface area (Å²) in [5.41, 5.74) is 6.58. The Labute approximate surface area is 131 Å². The van der Waals surface area contributed by atoms with Gasteiger partial charge < -0.3 is 20.7 Å². The maximum atomic E-state index is 10.8. The molecule has 0 saturated carbocycles. The van der Waals surface area contributed by atoms with Crippen molar-refractivity contribution in [2.24, 2.45) is 11.7 Å². The molecule has 5 nitrogen and oxygen atoms in total. The number of aromatic hydroxyl groups is 1. The lowest BCUT2D eigenvalue weighted by Gasteiger charge is -2.20. The van der Waals surface area contributed by atoms with E-state index in [1.54, 1.807) is 6.07 Å². The van der Waals surface area contributed by atoms with Crippen LogP contribution in [0.15, 0.2) is 18.2 Å². The van der Waals surface area contributed by atoms with Crippen LogP contribution in [0.1, 0.15) is 45.2 Å². The van der Waals surface area contributed by atoms with Crippen LogP contribution >= 0.6 is 12.4 Å². The highest BCUT2D eigenvalue weighted by atomic mass is 35.5. The number of rotatable bonds is 6. The van der Waals surface area contributed by atoms with Gasteiger partial charge in [-0.1, -0.05) is 19.9 Å². The Hall–Kier alpha value is -1.30. The zero-order valence-electron chi connectivity index (χ0n) is 12.6. The molecule has 0 saturated heterocycles. The first-order valence-electron chi connectivity index (χ1n) is 6.76. The van der Waals surface area contributed by atoms with E-state index in [1.807, 2.05) is 0 Å². The molecule has 1 aromatic carbocycles. The molecule has 0 radical (unpaired) electrons. The first-order chi connectivity index (χ1) is 9.31. The van der Waals surface area contributed by atoms with Crippen LogP contribution in [-0.2, 0) is 4.79 Å². The van der Waals surface area contributed by atoms with Crippen molar-refractivity contribution < 1.29 is 19.7 Å². The summed E-state index contributed by atoms with van der Waals surface area (Å²) in [6.45, 7) is 5.42. The second kappa shape index (κ2) is 8.87. The summed E-state index contributed by atoms with van der Waals surface area (Å²) < 4.78 is 4.83. The topological polar surface area (TPSA) is 92.8 Å². The SMILES string of the molecule is CC(=O)Oc1ccc([C@H](N)[C@H](O)CCC(C)C)cc1O.Cl. The number of phenols is 1. The summed E-state index contributed by atoms with van der Waals surface area (Å²) in [5.74, 6) is -0.0831. The van der Waals surface area contributed by atoms with Crippen LogP contribution in [-0.4, -0.2) is 22.3 Å². The monoisotopic (exact) mass is 317 g/mol. The number of aliphatic hydroxyl groups is 1. The van der Waals surface area contributed by atoms with Gasteiger partial charge in [-0.15, -0.1) is 12.4 Å². The number of carbonyl (C=O) groups excluding carboxylic acids is 1. The maximum Gasteiger partial charge on any atom is 0.308 e. The fraction of sp³-hybridized carbons (Fsp3) is 0.533. The van der Waals surface area contributed by atoms with Crippen LogP contribution in [0, 0.1) is 5.92 Å². The molecule has 0 fully saturated rings. The molecule has 21 heavy (non-hydrogen) atoms. The predicted molar refractivity (Wildman–Crippen MR) is 83.7 cm³/mol. The van der Waals surface area contributed by atoms with E-state index in [1.165, 1.54) is 19.1 Å². The lowest BCUT2D eigenvalue weighted by Crippen LogP contribution is -2.26. The third-order valence-corrected chi connectivity index (χ3v) is 3.08. The molecule has 0 spiro atoms. The molecule has 4 N–H and O–H groups in total. The fourth-order valence-electron chi connectivity index (χ4n) is 1.89. The lowest BCUT2D eigenvalue weighted by molar-refractivity contribution is -0.132. The van der Waals surface area contributed by atoms with E-state index in [2.05, 4.69) is 13.8 Å². The van der Waals surface area contributed by atoms with Gasteiger partial charge in [0.25, 0.3) is 0 Å². The van der Waals surface area contributed by atoms with Gasteiger partial charge in [-0.05, 0) is 36.5 Å². The first-order valence-corrected chi connectivity index (χ1v) is 6.76. The second-order valence-electron chi connectivity index (χ2n) is 5.39. The van der Waals surface area contributed by atoms with Crippen LogP contribution in [0.25, 0.3) is 0 Å². The number of ether oxygens (including phenoxy) is 1. The zero-order valence-corrected chi connectivity index (χ0v) is 13.4. The Morgan fingerprint density at radius 3 is 2.43 bits per heavy atom. The standard InChI is InChI=1S/C15H23NO4.ClH/c1-9(2)4-6-12(18)15(16)11-5-7-14(13(19)8-11)20-10(3)17;/h5,7-9,12,15,18-19H,4,6,16H2,1-3H3;1H/t12-,15+;/m1./s1. The van der Waals surface area contributed by atoms with Crippen molar-refractivity contribution in [3.05, 3.63) is 23.8 Å². The summed E-state index contributed by atoms with van der Waals surface area (Å²) in [5, 5.41) is 19.8. The molecule has 1 aromatic rings. The molecular weight excluding hydrogens is 294 g/mol. The van der Waals surface area contributed by atoms with E-state index in [0.717, 1.165) is 6.42 Å². The molecule has 0 amide bonds. The summed E-state index contributed by atoms with van der Waals surface area (Å²) in [6, 6.07) is 3.95. The van der Waals surface area contributed by atoms with E-state index in [9.17, 15) is 15.0 Å². The molecular formula is C15H24ClNO4. The van der Waals surface area contributed by atoms with Gasteiger partial charge in [-0.25, -0.2) is 0 Å². The number of esters is 1. The maximum absolute atomic E-state index is 10.8. The highest BCUT2D eigenvalue weighted by molar-refractivity contribution is 5.85. The summed E-state index contributed by atoms with van der Waals surface area (Å²) in [7, 11) is 0. The molecule has 0 aliphatic heterocycles. The molecule has 6 heteroatoms. The largest absolute Gasteiger partial charge is 0.504 e. The Balaban J connectivity index is 0.00000400. The van der Waals surface area contributed by atoms with Crippen LogP contribution in [0.4, 0.5) is 0 Å². The summed E-state index contributed by atoms with van der Waals surface area (Å²) >= 11 is 0. The van der Waals surface area contributed by atoms with Gasteiger partial charge >= 0.3 is 5.97 Å². The van der Waals surface area contributed by atoms with E-state index < -0.39 is 18.1 Å². The van der Waals surface area contributed by atoms with Crippen LogP contribution < -0.4 is 10.5 Å². The van der Waals surface area contributed by atoms with E-state index in [0.29, 0.717) is 17.9 Å². The van der Waals surface area contributed by atoms with Crippen molar-refractivity contribution in [3.63, 3.8) is 0 Å². The van der Waals surface area contributed by atoms with Gasteiger partial charge in [0.2, 0.25) is 0 Å². The minimum atomic E-state index is -0.670. The first kappa shape index (κ1) is 19.7. The van der Waals surface area contributed by atoms with E-state index in [-0.39, 0.29) is 23.9 Å². The van der Waals surface area contributed by atoms with Gasteiger partial charge in [-0.2, -0.15) is 0 Å². The van der Waals surface area contributed by atoms with Crippen molar-refractivity contribution in [1.29, 1.82) is 0 Å². The number of hydrogen-bond donors (Lipinski definition) is 3. The highest BCUT2D eigenvalue weighted by Crippen LogP contribution is 2.30. The van der Waals surface area contributed by atoms with Gasteiger partial charge in [0, 0.05) is 6.92 Å². The predicted octanol–water partition coefficient (Wildman–Crippen LogP) is 2.54. The third-order valence-electron chi connectivity index (χ3n) is 3.08. The molecule has 0 bridgehead atoms. The molecule has 2 atom stereocenters. The zero-order chi connectivity index (χ0) is 15.3. The number of aliphatic hydroxyl groups excluding tert-OH is 1. The minimum Gasteiger partial charge on any atom is -0.504 e. The molecule has 0 aromatic heterocycles. The Morgan fingerprint density at radius 1 is 1.33 bits per heavy atom. The van der Waals surface area contributed by atoms with Gasteiger partial charge in [0.15, 0.2) is 11.5 Å². The van der Waals surface area contributed by atoms with Crippen molar-refractivity contribution in [3.8, 4) is 11.5 Å². The van der Waals surface area contributed by atoms with E-state index >= 15 is 0 Å². The van der Waals surface area contributed by atoms with Crippen molar-refractivity contribution in [1.82, 2.24) is 0 Å². The normalized spacial score (nSPS) is 13.4. The highest BCUT2D eigenvalue weighted by Gasteiger charge is 2.18. The third kappa shape index (κ3) is 6.33. The molecule has 0 unspecified atom stereocenters. The molecule has 1 rings (SSSR count).